The first-order chi connectivity index (χ1) is 13.4. The van der Waals surface area contributed by atoms with E-state index in [1.165, 1.54) is 12.1 Å². The molecule has 4 nitrogen and oxygen atoms in total. The van der Waals surface area contributed by atoms with Crippen LogP contribution in [-0.2, 0) is 17.3 Å². The fraction of sp³-hybridized carbons (Fsp3) is 0.286. The van der Waals surface area contributed by atoms with Crippen LogP contribution >= 0.6 is 0 Å². The molecule has 0 saturated carbocycles. The number of carbonyl (C=O) groups is 1. The van der Waals surface area contributed by atoms with Crippen molar-refractivity contribution in [2.75, 3.05) is 13.2 Å². The van der Waals surface area contributed by atoms with Gasteiger partial charge in [-0.15, -0.1) is 0 Å². The lowest BCUT2D eigenvalue weighted by atomic mass is 10.1. The van der Waals surface area contributed by atoms with E-state index < -0.39 is 17.7 Å². The molecule has 1 N–H and O–H groups in total. The number of rotatable bonds is 7. The number of ether oxygens (including phenoxy) is 2. The number of hydrogen-bond donors (Lipinski definition) is 1. The van der Waals surface area contributed by atoms with E-state index in [4.69, 9.17) is 9.47 Å². The second kappa shape index (κ2) is 8.37. The zero-order chi connectivity index (χ0) is 20.1. The van der Waals surface area contributed by atoms with Crippen molar-refractivity contribution in [1.29, 1.82) is 0 Å². The highest BCUT2D eigenvalue weighted by atomic mass is 19.4. The molecule has 28 heavy (non-hydrogen) atoms. The van der Waals surface area contributed by atoms with E-state index >= 15 is 0 Å². The van der Waals surface area contributed by atoms with Crippen LogP contribution in [0.5, 0.6) is 5.75 Å². The van der Waals surface area contributed by atoms with E-state index in [2.05, 4.69) is 4.98 Å². The Hall–Kier alpha value is -2.96. The van der Waals surface area contributed by atoms with Gasteiger partial charge in [-0.2, -0.15) is 13.2 Å². The van der Waals surface area contributed by atoms with Crippen LogP contribution in [0, 0.1) is 0 Å². The minimum absolute atomic E-state index is 0.282. The summed E-state index contributed by atoms with van der Waals surface area (Å²) >= 11 is 0. The van der Waals surface area contributed by atoms with Crippen LogP contribution in [0.15, 0.2) is 48.5 Å². The highest BCUT2D eigenvalue weighted by molar-refractivity contribution is 5.98. The van der Waals surface area contributed by atoms with Crippen molar-refractivity contribution in [1.82, 2.24) is 4.98 Å². The summed E-state index contributed by atoms with van der Waals surface area (Å²) in [7, 11) is 0. The number of carbonyl (C=O) groups excluding carboxylic acids is 1. The van der Waals surface area contributed by atoms with E-state index in [1.807, 2.05) is 24.3 Å². The maximum absolute atomic E-state index is 12.6. The molecule has 1 aromatic heterocycles. The van der Waals surface area contributed by atoms with Crippen LogP contribution in [0.4, 0.5) is 13.2 Å². The largest absolute Gasteiger partial charge is 0.494 e. The molecule has 1 heterocycles. The Morgan fingerprint density at radius 1 is 1.07 bits per heavy atom. The Bertz CT molecular complexity index is 946. The number of aromatic nitrogens is 1. The summed E-state index contributed by atoms with van der Waals surface area (Å²) in [5, 5.41) is 0.945. The van der Waals surface area contributed by atoms with Crippen LogP contribution in [0.3, 0.4) is 0 Å². The molecule has 0 fully saturated rings. The third kappa shape index (κ3) is 4.47. The topological polar surface area (TPSA) is 51.3 Å². The molecule has 0 radical (unpaired) electrons. The highest BCUT2D eigenvalue weighted by Gasteiger charge is 2.30. The van der Waals surface area contributed by atoms with Crippen molar-refractivity contribution in [2.24, 2.45) is 0 Å². The predicted molar refractivity (Wildman–Crippen MR) is 99.5 cm³/mol. The first kappa shape index (κ1) is 19.8. The van der Waals surface area contributed by atoms with E-state index in [0.717, 1.165) is 28.6 Å². The van der Waals surface area contributed by atoms with E-state index in [9.17, 15) is 18.0 Å². The molecule has 0 aliphatic heterocycles. The number of aryl methyl sites for hydroxylation is 1. The molecule has 148 valence electrons. The molecule has 0 saturated heterocycles. The highest BCUT2D eigenvalue weighted by Crippen LogP contribution is 2.30. The van der Waals surface area contributed by atoms with Crippen molar-refractivity contribution in [3.8, 4) is 5.75 Å². The molecule has 0 unspecified atom stereocenters. The molecule has 3 aromatic rings. The zero-order valence-electron chi connectivity index (χ0n) is 15.3. The molecule has 3 rings (SSSR count). The molecule has 7 heteroatoms. The van der Waals surface area contributed by atoms with Crippen LogP contribution in [-0.4, -0.2) is 24.2 Å². The smallest absolute Gasteiger partial charge is 0.416 e. The standard InChI is InChI=1S/C21H20F3NO3/c1-2-27-20(26)19-17(16-6-3-4-8-18(16)25-19)7-5-13-28-15-11-9-14(10-12-15)21(22,23)24/h3-4,6,8-12,25H,2,5,7,13H2,1H3. The predicted octanol–water partition coefficient (Wildman–Crippen LogP) is 5.38. The van der Waals surface area contributed by atoms with Crippen LogP contribution in [0.2, 0.25) is 0 Å². The van der Waals surface area contributed by atoms with Crippen molar-refractivity contribution in [2.45, 2.75) is 25.9 Å². The molecule has 0 bridgehead atoms. The zero-order valence-corrected chi connectivity index (χ0v) is 15.3. The molecular weight excluding hydrogens is 371 g/mol. The third-order valence-corrected chi connectivity index (χ3v) is 4.31. The number of halogens is 3. The van der Waals surface area contributed by atoms with Crippen LogP contribution in [0.1, 0.15) is 35.0 Å². The van der Waals surface area contributed by atoms with Gasteiger partial charge in [-0.1, -0.05) is 18.2 Å². The maximum Gasteiger partial charge on any atom is 0.416 e. The first-order valence-electron chi connectivity index (χ1n) is 8.97. The summed E-state index contributed by atoms with van der Waals surface area (Å²) in [6, 6.07) is 12.2. The van der Waals surface area contributed by atoms with Crippen molar-refractivity contribution < 1.29 is 27.4 Å². The number of hydrogen-bond acceptors (Lipinski definition) is 3. The lowest BCUT2D eigenvalue weighted by Crippen LogP contribution is -2.09. The molecule has 0 aliphatic rings. The van der Waals surface area contributed by atoms with Gasteiger partial charge in [0.05, 0.1) is 18.8 Å². The number of H-pyrrole nitrogens is 1. The third-order valence-electron chi connectivity index (χ3n) is 4.31. The van der Waals surface area contributed by atoms with Gasteiger partial charge in [0.25, 0.3) is 0 Å². The van der Waals surface area contributed by atoms with Crippen molar-refractivity contribution >= 4 is 16.9 Å². The number of alkyl halides is 3. The van der Waals surface area contributed by atoms with Crippen molar-refractivity contribution in [3.05, 3.63) is 65.4 Å². The van der Waals surface area contributed by atoms with E-state index in [1.54, 1.807) is 6.92 Å². The number of aromatic amines is 1. The lowest BCUT2D eigenvalue weighted by Gasteiger charge is -2.09. The Balaban J connectivity index is 1.65. The second-order valence-electron chi connectivity index (χ2n) is 6.22. The Morgan fingerprint density at radius 3 is 2.46 bits per heavy atom. The Morgan fingerprint density at radius 2 is 1.79 bits per heavy atom. The van der Waals surface area contributed by atoms with Crippen LogP contribution in [0.25, 0.3) is 10.9 Å². The monoisotopic (exact) mass is 391 g/mol. The van der Waals surface area contributed by atoms with Gasteiger partial charge in [-0.05, 0) is 55.7 Å². The Kier molecular flexibility index (Phi) is 5.92. The second-order valence-corrected chi connectivity index (χ2v) is 6.22. The minimum atomic E-state index is -4.36. The molecular formula is C21H20F3NO3. The molecule has 0 atom stereocenters. The van der Waals surface area contributed by atoms with E-state index in [0.29, 0.717) is 30.9 Å². The number of benzene rings is 2. The summed E-state index contributed by atoms with van der Waals surface area (Å²) in [4.78, 5) is 15.3. The quantitative estimate of drug-likeness (QED) is 0.435. The van der Waals surface area contributed by atoms with Gasteiger partial charge in [-0.25, -0.2) is 4.79 Å². The van der Waals surface area contributed by atoms with Gasteiger partial charge in [0, 0.05) is 10.9 Å². The fourth-order valence-corrected chi connectivity index (χ4v) is 3.02. The molecule has 0 amide bonds. The summed E-state index contributed by atoms with van der Waals surface area (Å²) in [5.41, 5.74) is 1.42. The van der Waals surface area contributed by atoms with Gasteiger partial charge in [-0.3, -0.25) is 0 Å². The molecule has 0 aliphatic carbocycles. The molecule has 2 aromatic carbocycles. The van der Waals surface area contributed by atoms with Crippen LogP contribution < -0.4 is 4.74 Å². The summed E-state index contributed by atoms with van der Waals surface area (Å²) in [5.74, 6) is -0.0325. The van der Waals surface area contributed by atoms with Crippen molar-refractivity contribution in [3.63, 3.8) is 0 Å². The number of nitrogens with one attached hydrogen (secondary N) is 1. The summed E-state index contributed by atoms with van der Waals surface area (Å²) in [6.07, 6.45) is -3.20. The number of esters is 1. The SMILES string of the molecule is CCOC(=O)c1[nH]c2ccccc2c1CCCOc1ccc(C(F)(F)F)cc1. The summed E-state index contributed by atoms with van der Waals surface area (Å²) < 4.78 is 48.4. The maximum atomic E-state index is 12.6. The van der Waals surface area contributed by atoms with Gasteiger partial charge in [0.2, 0.25) is 0 Å². The average molecular weight is 391 g/mol. The Labute approximate surface area is 160 Å². The normalized spacial score (nSPS) is 11.6. The average Bonchev–Trinajstić information content (AvgIpc) is 3.04. The van der Waals surface area contributed by atoms with Gasteiger partial charge in [0.15, 0.2) is 0 Å². The van der Waals surface area contributed by atoms with E-state index in [-0.39, 0.29) is 6.61 Å². The van der Waals surface area contributed by atoms with Gasteiger partial charge >= 0.3 is 12.1 Å². The molecule has 0 spiro atoms. The summed E-state index contributed by atoms with van der Waals surface area (Å²) in [6.45, 7) is 2.34. The number of para-hydroxylation sites is 1. The lowest BCUT2D eigenvalue weighted by molar-refractivity contribution is -0.137. The fourth-order valence-electron chi connectivity index (χ4n) is 3.02. The van der Waals surface area contributed by atoms with Gasteiger partial charge in [0.1, 0.15) is 11.4 Å². The number of fused-ring (bicyclic) bond motifs is 1. The first-order valence-corrected chi connectivity index (χ1v) is 8.97. The van der Waals surface area contributed by atoms with Gasteiger partial charge < -0.3 is 14.5 Å². The minimum Gasteiger partial charge on any atom is -0.494 e.